The SMILES string of the molecule is Cc1cccc(C(CNC(C)(C)C)Cc2nc(C)cs2)c1. The standard InChI is InChI=1S/C18H26N2S/c1-13-7-6-8-15(9-13)16(11-19-18(3,4)5)10-17-20-14(2)12-21-17/h6-9,12,16,19H,10-11H2,1-5H3. The van der Waals surface area contributed by atoms with Crippen LogP contribution in [0.1, 0.15) is 48.5 Å². The van der Waals surface area contributed by atoms with Crippen LogP contribution in [0.5, 0.6) is 0 Å². The number of hydrogen-bond acceptors (Lipinski definition) is 3. The van der Waals surface area contributed by atoms with E-state index in [1.807, 2.05) is 0 Å². The molecule has 1 aromatic heterocycles. The summed E-state index contributed by atoms with van der Waals surface area (Å²) in [6.07, 6.45) is 1.00. The van der Waals surface area contributed by atoms with Crippen molar-refractivity contribution in [2.24, 2.45) is 0 Å². The Hall–Kier alpha value is -1.19. The predicted molar refractivity (Wildman–Crippen MR) is 92.2 cm³/mol. The smallest absolute Gasteiger partial charge is 0.0934 e. The summed E-state index contributed by atoms with van der Waals surface area (Å²) in [6.45, 7) is 11.8. The molecule has 1 heterocycles. The third kappa shape index (κ3) is 5.25. The minimum atomic E-state index is 0.140. The molecular formula is C18H26N2S. The van der Waals surface area contributed by atoms with Gasteiger partial charge in [-0.1, -0.05) is 29.8 Å². The van der Waals surface area contributed by atoms with Crippen LogP contribution in [-0.2, 0) is 6.42 Å². The van der Waals surface area contributed by atoms with Gasteiger partial charge in [0.2, 0.25) is 0 Å². The second-order valence-corrected chi connectivity index (χ2v) is 7.77. The van der Waals surface area contributed by atoms with Gasteiger partial charge < -0.3 is 5.32 Å². The van der Waals surface area contributed by atoms with E-state index in [-0.39, 0.29) is 5.54 Å². The highest BCUT2D eigenvalue weighted by atomic mass is 32.1. The molecule has 0 aliphatic rings. The summed E-state index contributed by atoms with van der Waals surface area (Å²) < 4.78 is 0. The molecule has 2 aromatic rings. The molecule has 1 N–H and O–H groups in total. The van der Waals surface area contributed by atoms with Gasteiger partial charge in [-0.25, -0.2) is 4.98 Å². The Kier molecular flexibility index (Phi) is 5.17. The van der Waals surface area contributed by atoms with E-state index in [1.165, 1.54) is 16.1 Å². The molecule has 21 heavy (non-hydrogen) atoms. The van der Waals surface area contributed by atoms with Gasteiger partial charge in [-0.15, -0.1) is 11.3 Å². The number of benzene rings is 1. The first kappa shape index (κ1) is 16.2. The Morgan fingerprint density at radius 1 is 1.24 bits per heavy atom. The van der Waals surface area contributed by atoms with Crippen molar-refractivity contribution in [3.63, 3.8) is 0 Å². The number of rotatable bonds is 5. The first-order chi connectivity index (χ1) is 9.83. The summed E-state index contributed by atoms with van der Waals surface area (Å²) in [6, 6.07) is 8.85. The number of nitrogens with zero attached hydrogens (tertiary/aromatic N) is 1. The van der Waals surface area contributed by atoms with Crippen molar-refractivity contribution < 1.29 is 0 Å². The predicted octanol–water partition coefficient (Wildman–Crippen LogP) is 4.47. The zero-order valence-electron chi connectivity index (χ0n) is 13.7. The van der Waals surface area contributed by atoms with Crippen molar-refractivity contribution in [2.45, 2.75) is 52.5 Å². The van der Waals surface area contributed by atoms with Crippen LogP contribution in [-0.4, -0.2) is 17.1 Å². The van der Waals surface area contributed by atoms with Crippen LogP contribution in [0.2, 0.25) is 0 Å². The molecule has 0 amide bonds. The number of hydrogen-bond donors (Lipinski definition) is 1. The molecular weight excluding hydrogens is 276 g/mol. The summed E-state index contributed by atoms with van der Waals surface area (Å²) in [5, 5.41) is 7.01. The summed E-state index contributed by atoms with van der Waals surface area (Å²) in [4.78, 5) is 4.63. The maximum absolute atomic E-state index is 4.63. The molecule has 0 aliphatic heterocycles. The lowest BCUT2D eigenvalue weighted by atomic mass is 9.93. The van der Waals surface area contributed by atoms with Crippen LogP contribution in [0.3, 0.4) is 0 Å². The van der Waals surface area contributed by atoms with Gasteiger partial charge in [0.15, 0.2) is 0 Å². The van der Waals surface area contributed by atoms with Crippen LogP contribution >= 0.6 is 11.3 Å². The molecule has 1 atom stereocenters. The highest BCUT2D eigenvalue weighted by Gasteiger charge is 2.18. The van der Waals surface area contributed by atoms with E-state index < -0.39 is 0 Å². The van der Waals surface area contributed by atoms with Gasteiger partial charge in [-0.05, 0) is 40.2 Å². The fourth-order valence-electron chi connectivity index (χ4n) is 2.37. The number of nitrogens with one attached hydrogen (secondary N) is 1. The summed E-state index contributed by atoms with van der Waals surface area (Å²) in [7, 11) is 0. The lowest BCUT2D eigenvalue weighted by molar-refractivity contribution is 0.404. The quantitative estimate of drug-likeness (QED) is 0.881. The van der Waals surface area contributed by atoms with E-state index in [1.54, 1.807) is 11.3 Å². The highest BCUT2D eigenvalue weighted by Crippen LogP contribution is 2.24. The average Bonchev–Trinajstić information content (AvgIpc) is 2.79. The summed E-state index contributed by atoms with van der Waals surface area (Å²) in [5.74, 6) is 0.467. The van der Waals surface area contributed by atoms with Crippen molar-refractivity contribution >= 4 is 11.3 Å². The average molecular weight is 302 g/mol. The van der Waals surface area contributed by atoms with Gasteiger partial charge in [0, 0.05) is 35.5 Å². The number of thiazole rings is 1. The van der Waals surface area contributed by atoms with Gasteiger partial charge in [0.05, 0.1) is 5.01 Å². The van der Waals surface area contributed by atoms with Crippen LogP contribution < -0.4 is 5.32 Å². The molecule has 1 aromatic carbocycles. The lowest BCUT2D eigenvalue weighted by Crippen LogP contribution is -2.39. The molecule has 0 radical (unpaired) electrons. The number of aryl methyl sites for hydroxylation is 2. The summed E-state index contributed by atoms with van der Waals surface area (Å²) >= 11 is 1.77. The van der Waals surface area contributed by atoms with E-state index in [0.717, 1.165) is 18.7 Å². The van der Waals surface area contributed by atoms with Crippen LogP contribution in [0.25, 0.3) is 0 Å². The number of aromatic nitrogens is 1. The van der Waals surface area contributed by atoms with Crippen molar-refractivity contribution in [1.29, 1.82) is 0 Å². The molecule has 0 saturated carbocycles. The Labute approximate surface area is 132 Å². The zero-order chi connectivity index (χ0) is 15.5. The van der Waals surface area contributed by atoms with Crippen molar-refractivity contribution in [3.8, 4) is 0 Å². The largest absolute Gasteiger partial charge is 0.311 e. The fraction of sp³-hybridized carbons (Fsp3) is 0.500. The summed E-state index contributed by atoms with van der Waals surface area (Å²) in [5.41, 5.74) is 3.99. The molecule has 3 heteroatoms. The minimum Gasteiger partial charge on any atom is -0.311 e. The Morgan fingerprint density at radius 3 is 2.57 bits per heavy atom. The van der Waals surface area contributed by atoms with Gasteiger partial charge in [0.25, 0.3) is 0 Å². The van der Waals surface area contributed by atoms with Gasteiger partial charge in [-0.2, -0.15) is 0 Å². The Balaban J connectivity index is 2.17. The Morgan fingerprint density at radius 2 is 2.00 bits per heavy atom. The molecule has 0 bridgehead atoms. The fourth-order valence-corrected chi connectivity index (χ4v) is 3.22. The first-order valence-electron chi connectivity index (χ1n) is 7.56. The van der Waals surface area contributed by atoms with E-state index in [4.69, 9.17) is 0 Å². The third-order valence-electron chi connectivity index (χ3n) is 3.48. The molecule has 2 nitrogen and oxygen atoms in total. The van der Waals surface area contributed by atoms with E-state index in [0.29, 0.717) is 5.92 Å². The molecule has 0 aliphatic carbocycles. The topological polar surface area (TPSA) is 24.9 Å². The van der Waals surface area contributed by atoms with Crippen LogP contribution in [0.15, 0.2) is 29.6 Å². The molecule has 2 rings (SSSR count). The van der Waals surface area contributed by atoms with Crippen LogP contribution in [0, 0.1) is 13.8 Å². The van der Waals surface area contributed by atoms with Crippen molar-refractivity contribution in [2.75, 3.05) is 6.54 Å². The van der Waals surface area contributed by atoms with E-state index in [2.05, 4.69) is 74.6 Å². The van der Waals surface area contributed by atoms with E-state index in [9.17, 15) is 0 Å². The van der Waals surface area contributed by atoms with Crippen molar-refractivity contribution in [3.05, 3.63) is 51.5 Å². The lowest BCUT2D eigenvalue weighted by Gasteiger charge is -2.25. The molecule has 0 saturated heterocycles. The zero-order valence-corrected chi connectivity index (χ0v) is 14.6. The van der Waals surface area contributed by atoms with Crippen molar-refractivity contribution in [1.82, 2.24) is 10.3 Å². The van der Waals surface area contributed by atoms with E-state index >= 15 is 0 Å². The molecule has 0 spiro atoms. The molecule has 1 unspecified atom stereocenters. The molecule has 114 valence electrons. The highest BCUT2D eigenvalue weighted by molar-refractivity contribution is 7.09. The van der Waals surface area contributed by atoms with Gasteiger partial charge in [0.1, 0.15) is 0 Å². The first-order valence-corrected chi connectivity index (χ1v) is 8.44. The monoisotopic (exact) mass is 302 g/mol. The minimum absolute atomic E-state index is 0.140. The third-order valence-corrected chi connectivity index (χ3v) is 4.47. The normalized spacial score (nSPS) is 13.4. The Bertz CT molecular complexity index is 581. The second-order valence-electron chi connectivity index (χ2n) is 6.83. The molecule has 0 fully saturated rings. The maximum atomic E-state index is 4.63. The van der Waals surface area contributed by atoms with Gasteiger partial charge in [-0.3, -0.25) is 0 Å². The van der Waals surface area contributed by atoms with Crippen LogP contribution in [0.4, 0.5) is 0 Å². The second kappa shape index (κ2) is 6.71. The van der Waals surface area contributed by atoms with Gasteiger partial charge >= 0.3 is 0 Å². The maximum Gasteiger partial charge on any atom is 0.0934 e.